The molecule has 0 aliphatic rings. The summed E-state index contributed by atoms with van der Waals surface area (Å²) in [6, 6.07) is 12.0. The molecule has 1 aromatic carbocycles. The summed E-state index contributed by atoms with van der Waals surface area (Å²) < 4.78 is 15.3. The molecule has 0 aliphatic heterocycles. The molecule has 26 heavy (non-hydrogen) atoms. The van der Waals surface area contributed by atoms with Crippen LogP contribution in [0.2, 0.25) is 0 Å². The van der Waals surface area contributed by atoms with Crippen LogP contribution in [0, 0.1) is 5.82 Å². The summed E-state index contributed by atoms with van der Waals surface area (Å²) in [4.78, 5) is 13.3. The van der Waals surface area contributed by atoms with E-state index in [1.165, 1.54) is 12.1 Å². The number of hydrogen-bond acceptors (Lipinski definition) is 5. The SMILES string of the molecule is NCCNc1ccc(-c2nc3ccncc3n2-c2ccc(F)cc2)cn1. The van der Waals surface area contributed by atoms with Crippen molar-refractivity contribution in [3.8, 4) is 17.1 Å². The second-order valence-electron chi connectivity index (χ2n) is 5.76. The average molecular weight is 348 g/mol. The molecule has 7 heteroatoms. The molecule has 4 aromatic rings. The van der Waals surface area contributed by atoms with Gasteiger partial charge in [0.2, 0.25) is 0 Å². The number of nitrogens with one attached hydrogen (secondary N) is 1. The summed E-state index contributed by atoms with van der Waals surface area (Å²) in [6.45, 7) is 1.20. The predicted molar refractivity (Wildman–Crippen MR) is 99.6 cm³/mol. The van der Waals surface area contributed by atoms with E-state index >= 15 is 0 Å². The molecule has 0 saturated carbocycles. The highest BCUT2D eigenvalue weighted by Crippen LogP contribution is 2.28. The first-order valence-corrected chi connectivity index (χ1v) is 8.25. The van der Waals surface area contributed by atoms with Crippen molar-refractivity contribution in [1.29, 1.82) is 0 Å². The summed E-state index contributed by atoms with van der Waals surface area (Å²) >= 11 is 0. The summed E-state index contributed by atoms with van der Waals surface area (Å²) in [5.41, 5.74) is 8.81. The highest BCUT2D eigenvalue weighted by atomic mass is 19.1. The lowest BCUT2D eigenvalue weighted by atomic mass is 10.2. The lowest BCUT2D eigenvalue weighted by molar-refractivity contribution is 0.627. The van der Waals surface area contributed by atoms with Crippen molar-refractivity contribution in [2.75, 3.05) is 18.4 Å². The molecule has 0 saturated heterocycles. The molecule has 3 aromatic heterocycles. The van der Waals surface area contributed by atoms with E-state index in [2.05, 4.69) is 15.3 Å². The van der Waals surface area contributed by atoms with Gasteiger partial charge in [0.05, 0.1) is 17.2 Å². The molecule has 0 fully saturated rings. The Balaban J connectivity index is 1.84. The van der Waals surface area contributed by atoms with Crippen molar-refractivity contribution >= 4 is 16.9 Å². The van der Waals surface area contributed by atoms with Gasteiger partial charge >= 0.3 is 0 Å². The molecule has 4 rings (SSSR count). The molecule has 3 N–H and O–H groups in total. The van der Waals surface area contributed by atoms with E-state index in [1.54, 1.807) is 30.7 Å². The van der Waals surface area contributed by atoms with E-state index in [4.69, 9.17) is 10.7 Å². The third kappa shape index (κ3) is 3.00. The summed E-state index contributed by atoms with van der Waals surface area (Å²) in [5.74, 6) is 1.19. The number of hydrogen-bond donors (Lipinski definition) is 2. The molecule has 0 unspecified atom stereocenters. The maximum Gasteiger partial charge on any atom is 0.147 e. The molecule has 0 amide bonds. The Morgan fingerprint density at radius 1 is 1.04 bits per heavy atom. The minimum atomic E-state index is -0.283. The average Bonchev–Trinajstić information content (AvgIpc) is 3.07. The van der Waals surface area contributed by atoms with Crippen LogP contribution in [0.5, 0.6) is 0 Å². The molecule has 0 radical (unpaired) electrons. The predicted octanol–water partition coefficient (Wildman–Crippen LogP) is 2.99. The first kappa shape index (κ1) is 16.2. The number of nitrogens with two attached hydrogens (primary N) is 1. The number of halogens is 1. The van der Waals surface area contributed by atoms with Crippen LogP contribution in [0.25, 0.3) is 28.1 Å². The fourth-order valence-corrected chi connectivity index (χ4v) is 2.80. The number of pyridine rings is 2. The second kappa shape index (κ2) is 6.89. The fraction of sp³-hybridized carbons (Fsp3) is 0.105. The van der Waals surface area contributed by atoms with Crippen LogP contribution < -0.4 is 11.1 Å². The van der Waals surface area contributed by atoms with E-state index in [9.17, 15) is 4.39 Å². The van der Waals surface area contributed by atoms with Crippen LogP contribution in [-0.4, -0.2) is 32.6 Å². The molecule has 0 atom stereocenters. The third-order valence-electron chi connectivity index (χ3n) is 4.01. The van der Waals surface area contributed by atoms with Crippen molar-refractivity contribution < 1.29 is 4.39 Å². The van der Waals surface area contributed by atoms with Gasteiger partial charge in [-0.1, -0.05) is 0 Å². The van der Waals surface area contributed by atoms with E-state index in [0.717, 1.165) is 33.9 Å². The van der Waals surface area contributed by atoms with Crippen LogP contribution in [-0.2, 0) is 0 Å². The maximum atomic E-state index is 13.3. The van der Waals surface area contributed by atoms with E-state index in [-0.39, 0.29) is 5.82 Å². The molecule has 130 valence electrons. The Morgan fingerprint density at radius 2 is 1.88 bits per heavy atom. The number of rotatable bonds is 5. The normalized spacial score (nSPS) is 11.0. The van der Waals surface area contributed by atoms with Gasteiger partial charge in [-0.15, -0.1) is 0 Å². The number of anilines is 1. The molecule has 0 bridgehead atoms. The third-order valence-corrected chi connectivity index (χ3v) is 4.01. The Kier molecular flexibility index (Phi) is 4.28. The van der Waals surface area contributed by atoms with Crippen LogP contribution in [0.4, 0.5) is 10.2 Å². The van der Waals surface area contributed by atoms with Crippen molar-refractivity contribution in [3.05, 3.63) is 66.9 Å². The van der Waals surface area contributed by atoms with Gasteiger partial charge in [-0.2, -0.15) is 0 Å². The number of fused-ring (bicyclic) bond motifs is 1. The highest BCUT2D eigenvalue weighted by molar-refractivity contribution is 5.82. The van der Waals surface area contributed by atoms with Crippen LogP contribution in [0.1, 0.15) is 0 Å². The highest BCUT2D eigenvalue weighted by Gasteiger charge is 2.15. The van der Waals surface area contributed by atoms with Crippen LogP contribution in [0.3, 0.4) is 0 Å². The molecular formula is C19H17FN6. The number of aromatic nitrogens is 4. The van der Waals surface area contributed by atoms with Crippen LogP contribution in [0.15, 0.2) is 61.1 Å². The van der Waals surface area contributed by atoms with Gasteiger partial charge in [-0.3, -0.25) is 9.55 Å². The first-order chi connectivity index (χ1) is 12.8. The fourth-order valence-electron chi connectivity index (χ4n) is 2.80. The monoisotopic (exact) mass is 348 g/mol. The lowest BCUT2D eigenvalue weighted by Crippen LogP contribution is -2.13. The van der Waals surface area contributed by atoms with Gasteiger partial charge in [0.25, 0.3) is 0 Å². The smallest absolute Gasteiger partial charge is 0.147 e. The standard InChI is InChI=1S/C19H17FN6/c20-14-2-4-15(5-3-14)26-17-12-22-9-7-16(17)25-19(26)13-1-6-18(24-11-13)23-10-8-21/h1-7,9,11-12H,8,10,21H2,(H,23,24). The van der Waals surface area contributed by atoms with Crippen molar-refractivity contribution in [1.82, 2.24) is 19.5 Å². The zero-order valence-electron chi connectivity index (χ0n) is 13.9. The van der Waals surface area contributed by atoms with E-state index in [1.807, 2.05) is 22.8 Å². The summed E-state index contributed by atoms with van der Waals surface area (Å²) in [5, 5.41) is 3.14. The number of benzene rings is 1. The number of imidazole rings is 1. The Hall–Kier alpha value is -3.32. The molecule has 6 nitrogen and oxygen atoms in total. The van der Waals surface area contributed by atoms with E-state index < -0.39 is 0 Å². The zero-order chi connectivity index (χ0) is 17.9. The number of nitrogens with zero attached hydrogens (tertiary/aromatic N) is 4. The largest absolute Gasteiger partial charge is 0.369 e. The van der Waals surface area contributed by atoms with Gasteiger partial charge in [0, 0.05) is 36.7 Å². The summed E-state index contributed by atoms with van der Waals surface area (Å²) in [6.07, 6.45) is 5.21. The quantitative estimate of drug-likeness (QED) is 0.579. The molecule has 0 spiro atoms. The lowest BCUT2D eigenvalue weighted by Gasteiger charge is -2.10. The van der Waals surface area contributed by atoms with Crippen molar-refractivity contribution in [3.63, 3.8) is 0 Å². The second-order valence-corrected chi connectivity index (χ2v) is 5.76. The van der Waals surface area contributed by atoms with Crippen molar-refractivity contribution in [2.24, 2.45) is 5.73 Å². The zero-order valence-corrected chi connectivity index (χ0v) is 13.9. The molecular weight excluding hydrogens is 331 g/mol. The van der Waals surface area contributed by atoms with Gasteiger partial charge in [0.15, 0.2) is 0 Å². The maximum absolute atomic E-state index is 13.3. The Labute approximate surface area is 149 Å². The van der Waals surface area contributed by atoms with Crippen molar-refractivity contribution in [2.45, 2.75) is 0 Å². The van der Waals surface area contributed by atoms with E-state index in [0.29, 0.717) is 13.1 Å². The Bertz CT molecular complexity index is 1020. The molecule has 0 aliphatic carbocycles. The minimum Gasteiger partial charge on any atom is -0.369 e. The van der Waals surface area contributed by atoms with Gasteiger partial charge in [-0.25, -0.2) is 14.4 Å². The van der Waals surface area contributed by atoms with Gasteiger partial charge in [0.1, 0.15) is 17.5 Å². The molecule has 3 heterocycles. The van der Waals surface area contributed by atoms with Gasteiger partial charge in [-0.05, 0) is 42.5 Å². The van der Waals surface area contributed by atoms with Gasteiger partial charge < -0.3 is 11.1 Å². The summed E-state index contributed by atoms with van der Waals surface area (Å²) in [7, 11) is 0. The Morgan fingerprint density at radius 3 is 2.62 bits per heavy atom. The first-order valence-electron chi connectivity index (χ1n) is 8.25. The van der Waals surface area contributed by atoms with Crippen LogP contribution >= 0.6 is 0 Å². The minimum absolute atomic E-state index is 0.283. The topological polar surface area (TPSA) is 81.6 Å².